The molecule has 1 aliphatic rings. The molecule has 21 heavy (non-hydrogen) atoms. The van der Waals surface area contributed by atoms with Crippen molar-refractivity contribution in [3.8, 4) is 0 Å². The van der Waals surface area contributed by atoms with E-state index in [4.69, 9.17) is 4.42 Å². The standard InChI is InChI=1S/C13H18F3N3O2/c14-13(15,16)10-17-8-12(20)19-5-3-18(4-6-19)9-11-2-1-7-21-11/h1-2,7,17H,3-6,8-10H2. The quantitative estimate of drug-likeness (QED) is 0.884. The van der Waals surface area contributed by atoms with Crippen molar-refractivity contribution in [2.75, 3.05) is 39.3 Å². The van der Waals surface area contributed by atoms with Crippen molar-refractivity contribution in [1.82, 2.24) is 15.1 Å². The molecular weight excluding hydrogens is 287 g/mol. The third kappa shape index (κ3) is 5.39. The molecule has 2 rings (SSSR count). The van der Waals surface area contributed by atoms with Gasteiger partial charge in [-0.05, 0) is 12.1 Å². The minimum absolute atomic E-state index is 0.280. The fourth-order valence-electron chi connectivity index (χ4n) is 2.20. The largest absolute Gasteiger partial charge is 0.468 e. The van der Waals surface area contributed by atoms with Crippen molar-refractivity contribution >= 4 is 5.91 Å². The van der Waals surface area contributed by atoms with Crippen LogP contribution in [-0.4, -0.2) is 61.2 Å². The summed E-state index contributed by atoms with van der Waals surface area (Å²) >= 11 is 0. The van der Waals surface area contributed by atoms with E-state index in [2.05, 4.69) is 10.2 Å². The van der Waals surface area contributed by atoms with Crippen molar-refractivity contribution in [3.05, 3.63) is 24.2 Å². The van der Waals surface area contributed by atoms with Crippen LogP contribution >= 0.6 is 0 Å². The van der Waals surface area contributed by atoms with Crippen LogP contribution in [0.15, 0.2) is 22.8 Å². The molecule has 1 saturated heterocycles. The van der Waals surface area contributed by atoms with Gasteiger partial charge in [0.15, 0.2) is 0 Å². The van der Waals surface area contributed by atoms with Gasteiger partial charge in [-0.1, -0.05) is 0 Å². The average molecular weight is 305 g/mol. The number of piperazine rings is 1. The molecule has 1 N–H and O–H groups in total. The molecule has 2 heterocycles. The Morgan fingerprint density at radius 3 is 2.57 bits per heavy atom. The predicted octanol–water partition coefficient (Wildman–Crippen LogP) is 1.08. The Bertz CT molecular complexity index is 440. The van der Waals surface area contributed by atoms with E-state index in [9.17, 15) is 18.0 Å². The fourth-order valence-corrected chi connectivity index (χ4v) is 2.20. The number of carbonyl (C=O) groups is 1. The van der Waals surface area contributed by atoms with Crippen LogP contribution < -0.4 is 5.32 Å². The lowest BCUT2D eigenvalue weighted by atomic mass is 10.3. The zero-order chi connectivity index (χ0) is 15.3. The molecule has 1 aliphatic heterocycles. The van der Waals surface area contributed by atoms with E-state index < -0.39 is 12.7 Å². The summed E-state index contributed by atoms with van der Waals surface area (Å²) in [5.74, 6) is 0.568. The molecule has 0 aliphatic carbocycles. The minimum Gasteiger partial charge on any atom is -0.468 e. The second kappa shape index (κ2) is 6.95. The topological polar surface area (TPSA) is 48.7 Å². The molecule has 0 atom stereocenters. The molecule has 0 spiro atoms. The lowest BCUT2D eigenvalue weighted by Gasteiger charge is -2.34. The average Bonchev–Trinajstić information content (AvgIpc) is 2.91. The number of alkyl halides is 3. The second-order valence-electron chi connectivity index (χ2n) is 4.96. The summed E-state index contributed by atoms with van der Waals surface area (Å²) in [5.41, 5.74) is 0. The van der Waals surface area contributed by atoms with Gasteiger partial charge in [0.1, 0.15) is 5.76 Å². The molecule has 8 heteroatoms. The number of nitrogens with one attached hydrogen (secondary N) is 1. The number of halogens is 3. The summed E-state index contributed by atoms with van der Waals surface area (Å²) in [5, 5.41) is 2.13. The maximum atomic E-state index is 12.0. The van der Waals surface area contributed by atoms with Crippen LogP contribution in [0, 0.1) is 0 Å². The second-order valence-corrected chi connectivity index (χ2v) is 4.96. The molecule has 1 fully saturated rings. The molecule has 0 radical (unpaired) electrons. The summed E-state index contributed by atoms with van der Waals surface area (Å²) in [6.45, 7) is 1.67. The molecule has 0 aromatic carbocycles. The minimum atomic E-state index is -4.29. The SMILES string of the molecule is O=C(CNCC(F)(F)F)N1CCN(Cc2ccco2)CC1. The van der Waals surface area contributed by atoms with E-state index in [1.165, 1.54) is 0 Å². The first-order valence-electron chi connectivity index (χ1n) is 6.74. The number of carbonyl (C=O) groups excluding carboxylic acids is 1. The summed E-state index contributed by atoms with van der Waals surface area (Å²) in [6, 6.07) is 3.71. The Morgan fingerprint density at radius 1 is 1.29 bits per heavy atom. The highest BCUT2D eigenvalue weighted by Gasteiger charge is 2.27. The Balaban J connectivity index is 1.67. The first-order chi connectivity index (χ1) is 9.94. The van der Waals surface area contributed by atoms with Crippen LogP contribution in [0.1, 0.15) is 5.76 Å². The van der Waals surface area contributed by atoms with Crippen LogP contribution in [0.2, 0.25) is 0 Å². The van der Waals surface area contributed by atoms with Gasteiger partial charge in [-0.25, -0.2) is 0 Å². The summed E-state index contributed by atoms with van der Waals surface area (Å²) in [4.78, 5) is 15.5. The number of hydrogen-bond acceptors (Lipinski definition) is 4. The van der Waals surface area contributed by atoms with Gasteiger partial charge in [0.2, 0.25) is 5.91 Å². The highest BCUT2D eigenvalue weighted by atomic mass is 19.4. The van der Waals surface area contributed by atoms with Gasteiger partial charge in [-0.3, -0.25) is 9.69 Å². The maximum absolute atomic E-state index is 12.0. The van der Waals surface area contributed by atoms with Gasteiger partial charge in [-0.15, -0.1) is 0 Å². The zero-order valence-electron chi connectivity index (χ0n) is 11.5. The van der Waals surface area contributed by atoms with Crippen molar-refractivity contribution in [1.29, 1.82) is 0 Å². The van der Waals surface area contributed by atoms with E-state index >= 15 is 0 Å². The monoisotopic (exact) mass is 305 g/mol. The fraction of sp³-hybridized carbons (Fsp3) is 0.615. The molecular formula is C13H18F3N3O2. The van der Waals surface area contributed by atoms with E-state index in [-0.39, 0.29) is 12.5 Å². The first-order valence-corrected chi connectivity index (χ1v) is 6.74. The van der Waals surface area contributed by atoms with Gasteiger partial charge < -0.3 is 14.6 Å². The number of furan rings is 1. The van der Waals surface area contributed by atoms with Gasteiger partial charge in [-0.2, -0.15) is 13.2 Å². The number of amides is 1. The van der Waals surface area contributed by atoms with E-state index in [0.29, 0.717) is 32.7 Å². The lowest BCUT2D eigenvalue weighted by Crippen LogP contribution is -2.50. The highest BCUT2D eigenvalue weighted by molar-refractivity contribution is 5.78. The Labute approximate surface area is 120 Å². The van der Waals surface area contributed by atoms with Gasteiger partial charge in [0, 0.05) is 26.2 Å². The molecule has 1 aromatic heterocycles. The smallest absolute Gasteiger partial charge is 0.401 e. The van der Waals surface area contributed by atoms with Crippen molar-refractivity contribution in [3.63, 3.8) is 0 Å². The maximum Gasteiger partial charge on any atom is 0.401 e. The van der Waals surface area contributed by atoms with Crippen molar-refractivity contribution in [2.24, 2.45) is 0 Å². The normalized spacial score (nSPS) is 17.2. The van der Waals surface area contributed by atoms with Crippen LogP contribution in [0.25, 0.3) is 0 Å². The third-order valence-corrected chi connectivity index (χ3v) is 3.29. The number of nitrogens with zero attached hydrogens (tertiary/aromatic N) is 2. The molecule has 118 valence electrons. The third-order valence-electron chi connectivity index (χ3n) is 3.29. The summed E-state index contributed by atoms with van der Waals surface area (Å²) in [7, 11) is 0. The van der Waals surface area contributed by atoms with Crippen LogP contribution in [-0.2, 0) is 11.3 Å². The van der Waals surface area contributed by atoms with E-state index in [0.717, 1.165) is 5.76 Å². The van der Waals surface area contributed by atoms with Gasteiger partial charge in [0.25, 0.3) is 0 Å². The predicted molar refractivity (Wildman–Crippen MR) is 69.5 cm³/mol. The molecule has 1 aromatic rings. The van der Waals surface area contributed by atoms with E-state index in [1.54, 1.807) is 11.2 Å². The van der Waals surface area contributed by atoms with Crippen LogP contribution in [0.5, 0.6) is 0 Å². The van der Waals surface area contributed by atoms with Gasteiger partial charge in [0.05, 0.1) is 25.9 Å². The van der Waals surface area contributed by atoms with Gasteiger partial charge >= 0.3 is 6.18 Å². The molecule has 0 bridgehead atoms. The Morgan fingerprint density at radius 2 is 2.00 bits per heavy atom. The van der Waals surface area contributed by atoms with Crippen molar-refractivity contribution in [2.45, 2.75) is 12.7 Å². The van der Waals surface area contributed by atoms with Crippen LogP contribution in [0.3, 0.4) is 0 Å². The first kappa shape index (κ1) is 15.8. The summed E-state index contributed by atoms with van der Waals surface area (Å²) < 4.78 is 41.2. The van der Waals surface area contributed by atoms with E-state index in [1.807, 2.05) is 12.1 Å². The number of rotatable bonds is 5. The molecule has 5 nitrogen and oxygen atoms in total. The number of hydrogen-bond donors (Lipinski definition) is 1. The molecule has 0 unspecified atom stereocenters. The van der Waals surface area contributed by atoms with Crippen LogP contribution in [0.4, 0.5) is 13.2 Å². The molecule has 0 saturated carbocycles. The van der Waals surface area contributed by atoms with Crippen molar-refractivity contribution < 1.29 is 22.4 Å². The Kier molecular flexibility index (Phi) is 5.24. The lowest BCUT2D eigenvalue weighted by molar-refractivity contribution is -0.135. The highest BCUT2D eigenvalue weighted by Crippen LogP contribution is 2.12. The molecule has 1 amide bonds. The summed E-state index contributed by atoms with van der Waals surface area (Å²) in [6.07, 6.45) is -2.68. The Hall–Kier alpha value is -1.54. The zero-order valence-corrected chi connectivity index (χ0v) is 11.5.